The van der Waals surface area contributed by atoms with Gasteiger partial charge in [-0.05, 0) is 23.3 Å². The first-order valence-corrected chi connectivity index (χ1v) is 10.5. The lowest BCUT2D eigenvalue weighted by atomic mass is 10.2. The molecule has 0 amide bonds. The van der Waals surface area contributed by atoms with Gasteiger partial charge >= 0.3 is 0 Å². The molecule has 3 heteroatoms. The van der Waals surface area contributed by atoms with Crippen LogP contribution in [-0.2, 0) is 11.5 Å². The number of thioether (sulfide) groups is 2. The molecule has 3 aromatic rings. The van der Waals surface area contributed by atoms with Crippen molar-refractivity contribution in [1.29, 1.82) is 0 Å². The zero-order chi connectivity index (χ0) is 17.2. The van der Waals surface area contributed by atoms with Gasteiger partial charge < -0.3 is 4.74 Å². The van der Waals surface area contributed by atoms with E-state index in [-0.39, 0.29) is 0 Å². The third kappa shape index (κ3) is 6.52. The van der Waals surface area contributed by atoms with Crippen molar-refractivity contribution in [2.45, 2.75) is 16.1 Å². The summed E-state index contributed by atoms with van der Waals surface area (Å²) in [4.78, 5) is 0. The predicted molar refractivity (Wildman–Crippen MR) is 111 cm³/mol. The van der Waals surface area contributed by atoms with Crippen LogP contribution in [0.2, 0.25) is 0 Å². The highest BCUT2D eigenvalue weighted by Crippen LogP contribution is 2.30. The predicted octanol–water partition coefficient (Wildman–Crippen LogP) is 6.26. The van der Waals surface area contributed by atoms with E-state index in [4.69, 9.17) is 4.74 Å². The maximum Gasteiger partial charge on any atom is 0.119 e. The number of hydrogen-bond acceptors (Lipinski definition) is 3. The highest BCUT2D eigenvalue weighted by Gasteiger charge is 2.12. The van der Waals surface area contributed by atoms with Gasteiger partial charge in [0, 0.05) is 11.5 Å². The van der Waals surface area contributed by atoms with E-state index in [9.17, 15) is 0 Å². The zero-order valence-electron chi connectivity index (χ0n) is 14.1. The minimum atomic E-state index is 0.389. The summed E-state index contributed by atoms with van der Waals surface area (Å²) in [6, 6.07) is 31.3. The molecule has 128 valence electrons. The van der Waals surface area contributed by atoms with Crippen molar-refractivity contribution < 1.29 is 4.74 Å². The molecule has 1 nitrogen and oxygen atoms in total. The first-order valence-electron chi connectivity index (χ1n) is 8.39. The molecule has 0 saturated heterocycles. The van der Waals surface area contributed by atoms with Gasteiger partial charge in [-0.15, -0.1) is 23.5 Å². The van der Waals surface area contributed by atoms with E-state index in [1.54, 1.807) is 0 Å². The fraction of sp³-hybridized carbons (Fsp3) is 0.182. The fourth-order valence-corrected chi connectivity index (χ4v) is 4.62. The number of benzene rings is 3. The van der Waals surface area contributed by atoms with Gasteiger partial charge in [-0.2, -0.15) is 0 Å². The van der Waals surface area contributed by atoms with Crippen molar-refractivity contribution in [2.24, 2.45) is 0 Å². The molecule has 3 aromatic carbocycles. The summed E-state index contributed by atoms with van der Waals surface area (Å²) in [6.07, 6.45) is 0. The van der Waals surface area contributed by atoms with E-state index in [1.807, 2.05) is 53.9 Å². The third-order valence-electron chi connectivity index (χ3n) is 3.69. The molecule has 0 bridgehead atoms. The Bertz CT molecular complexity index is 613. The van der Waals surface area contributed by atoms with E-state index in [2.05, 4.69) is 60.7 Å². The van der Waals surface area contributed by atoms with Crippen molar-refractivity contribution in [1.82, 2.24) is 0 Å². The second kappa shape index (κ2) is 10.2. The number of hydrogen-bond donors (Lipinski definition) is 0. The van der Waals surface area contributed by atoms with Gasteiger partial charge in [0.05, 0.1) is 4.58 Å². The van der Waals surface area contributed by atoms with Gasteiger partial charge in [0.1, 0.15) is 12.4 Å². The van der Waals surface area contributed by atoms with Gasteiger partial charge in [0.2, 0.25) is 0 Å². The van der Waals surface area contributed by atoms with Crippen molar-refractivity contribution in [3.8, 4) is 5.75 Å². The lowest BCUT2D eigenvalue weighted by molar-refractivity contribution is 0.337. The Kier molecular flexibility index (Phi) is 7.34. The van der Waals surface area contributed by atoms with Gasteiger partial charge in [-0.25, -0.2) is 0 Å². The van der Waals surface area contributed by atoms with Crippen molar-refractivity contribution in [2.75, 3.05) is 6.61 Å². The largest absolute Gasteiger partial charge is 0.492 e. The van der Waals surface area contributed by atoms with Crippen LogP contribution in [0.25, 0.3) is 0 Å². The van der Waals surface area contributed by atoms with Crippen LogP contribution in [0.15, 0.2) is 91.0 Å². The van der Waals surface area contributed by atoms with Crippen molar-refractivity contribution in [3.63, 3.8) is 0 Å². The number of ether oxygens (including phenoxy) is 1. The Balaban J connectivity index is 1.56. The van der Waals surface area contributed by atoms with Crippen LogP contribution in [0, 0.1) is 0 Å². The molecule has 0 N–H and O–H groups in total. The number of rotatable bonds is 9. The topological polar surface area (TPSA) is 9.23 Å². The second-order valence-corrected chi connectivity index (χ2v) is 8.33. The lowest BCUT2D eigenvalue weighted by Gasteiger charge is -2.17. The van der Waals surface area contributed by atoms with Crippen LogP contribution in [0.5, 0.6) is 5.75 Å². The quantitative estimate of drug-likeness (QED) is 0.414. The molecule has 0 radical (unpaired) electrons. The molecule has 0 aliphatic carbocycles. The first kappa shape index (κ1) is 18.0. The maximum absolute atomic E-state index is 6.00. The Morgan fingerprint density at radius 2 is 1.04 bits per heavy atom. The Morgan fingerprint density at radius 3 is 1.52 bits per heavy atom. The molecule has 25 heavy (non-hydrogen) atoms. The van der Waals surface area contributed by atoms with E-state index in [0.29, 0.717) is 11.2 Å². The highest BCUT2D eigenvalue weighted by molar-refractivity contribution is 8.16. The minimum absolute atomic E-state index is 0.389. The molecule has 0 atom stereocenters. The van der Waals surface area contributed by atoms with Gasteiger partial charge in [0.15, 0.2) is 0 Å². The van der Waals surface area contributed by atoms with Crippen LogP contribution in [0.1, 0.15) is 11.1 Å². The van der Waals surface area contributed by atoms with Gasteiger partial charge in [0.25, 0.3) is 0 Å². The van der Waals surface area contributed by atoms with Gasteiger partial charge in [-0.3, -0.25) is 0 Å². The monoisotopic (exact) mass is 366 g/mol. The van der Waals surface area contributed by atoms with Crippen molar-refractivity contribution >= 4 is 23.5 Å². The summed E-state index contributed by atoms with van der Waals surface area (Å²) in [6.45, 7) is 0.707. The lowest BCUT2D eigenvalue weighted by Crippen LogP contribution is -2.11. The molecule has 0 aromatic heterocycles. The molecular weight excluding hydrogens is 344 g/mol. The Labute approximate surface area is 158 Å². The molecule has 0 fully saturated rings. The highest BCUT2D eigenvalue weighted by atomic mass is 32.2. The first-order chi connectivity index (χ1) is 12.4. The summed E-state index contributed by atoms with van der Waals surface area (Å²) in [7, 11) is 0. The summed E-state index contributed by atoms with van der Waals surface area (Å²) in [5.41, 5.74) is 2.72. The van der Waals surface area contributed by atoms with E-state index in [0.717, 1.165) is 17.3 Å². The van der Waals surface area contributed by atoms with Crippen LogP contribution in [0.4, 0.5) is 0 Å². The smallest absolute Gasteiger partial charge is 0.119 e. The molecule has 0 spiro atoms. The molecule has 0 aliphatic rings. The molecule has 0 aliphatic heterocycles. The van der Waals surface area contributed by atoms with Crippen LogP contribution in [-0.4, -0.2) is 11.2 Å². The average Bonchev–Trinajstić information content (AvgIpc) is 2.70. The SMILES string of the molecule is c1ccc(CSC(COc2ccccc2)SCc2ccccc2)cc1. The van der Waals surface area contributed by atoms with Gasteiger partial charge in [-0.1, -0.05) is 78.9 Å². The molecule has 0 saturated carbocycles. The van der Waals surface area contributed by atoms with E-state index >= 15 is 0 Å². The molecule has 3 rings (SSSR count). The normalized spacial score (nSPS) is 10.8. The Morgan fingerprint density at radius 1 is 0.600 bits per heavy atom. The molecular formula is C22H22OS2. The third-order valence-corrected chi connectivity index (χ3v) is 6.52. The van der Waals surface area contributed by atoms with Crippen molar-refractivity contribution in [3.05, 3.63) is 102 Å². The summed E-state index contributed by atoms with van der Waals surface area (Å²) >= 11 is 3.90. The number of para-hydroxylation sites is 1. The Hall–Kier alpha value is -1.84. The average molecular weight is 367 g/mol. The van der Waals surface area contributed by atoms with E-state index in [1.165, 1.54) is 11.1 Å². The maximum atomic E-state index is 6.00. The summed E-state index contributed by atoms with van der Waals surface area (Å²) in [5.74, 6) is 2.95. The standard InChI is InChI=1S/C22H22OS2/c1-4-10-19(11-5-1)17-24-22(16-23-21-14-8-3-9-15-21)25-18-20-12-6-2-7-13-20/h1-15,22H,16-18H2. The molecule has 0 heterocycles. The zero-order valence-corrected chi connectivity index (χ0v) is 15.7. The summed E-state index contributed by atoms with van der Waals surface area (Å²) in [5, 5.41) is 0. The van der Waals surface area contributed by atoms with Crippen LogP contribution >= 0.6 is 23.5 Å². The minimum Gasteiger partial charge on any atom is -0.492 e. The summed E-state index contributed by atoms with van der Waals surface area (Å²) < 4.78 is 6.39. The van der Waals surface area contributed by atoms with E-state index < -0.39 is 0 Å². The fourth-order valence-electron chi connectivity index (χ4n) is 2.35. The van der Waals surface area contributed by atoms with Crippen LogP contribution in [0.3, 0.4) is 0 Å². The second-order valence-electron chi connectivity index (χ2n) is 5.65. The van der Waals surface area contributed by atoms with Crippen LogP contribution < -0.4 is 4.74 Å². The molecule has 0 unspecified atom stereocenters.